The van der Waals surface area contributed by atoms with E-state index in [-0.39, 0.29) is 5.91 Å². The molecule has 0 atom stereocenters. The lowest BCUT2D eigenvalue weighted by atomic mass is 9.86. The summed E-state index contributed by atoms with van der Waals surface area (Å²) in [7, 11) is 1.81. The van der Waals surface area contributed by atoms with Gasteiger partial charge < -0.3 is 9.32 Å². The molecule has 0 N–H and O–H groups in total. The molecule has 0 saturated carbocycles. The molecule has 0 spiro atoms. The predicted octanol–water partition coefficient (Wildman–Crippen LogP) is 3.66. The van der Waals surface area contributed by atoms with Crippen LogP contribution < -0.4 is 4.90 Å². The van der Waals surface area contributed by atoms with Crippen molar-refractivity contribution in [2.45, 2.75) is 19.3 Å². The molecular formula is C19H17N3O2. The number of hydrogen-bond acceptors (Lipinski definition) is 4. The van der Waals surface area contributed by atoms with Gasteiger partial charge in [0.15, 0.2) is 5.76 Å². The number of hydrogen-bond donors (Lipinski definition) is 0. The lowest BCUT2D eigenvalue weighted by Gasteiger charge is -2.16. The third-order valence-electron chi connectivity index (χ3n) is 4.57. The molecule has 1 aromatic carbocycles. The van der Waals surface area contributed by atoms with Crippen LogP contribution in [0.2, 0.25) is 0 Å². The van der Waals surface area contributed by atoms with Gasteiger partial charge in [-0.15, -0.1) is 0 Å². The first-order valence-electron chi connectivity index (χ1n) is 7.78. The highest BCUT2D eigenvalue weighted by molar-refractivity contribution is 6.07. The Balaban J connectivity index is 1.75. The Morgan fingerprint density at radius 3 is 2.71 bits per heavy atom. The fourth-order valence-electron chi connectivity index (χ4n) is 3.17. The maximum absolute atomic E-state index is 12.4. The molecule has 5 nitrogen and oxygen atoms in total. The lowest BCUT2D eigenvalue weighted by Crippen LogP contribution is -2.33. The first kappa shape index (κ1) is 14.6. The fraction of sp³-hybridized carbons (Fsp3) is 0.211. The summed E-state index contributed by atoms with van der Waals surface area (Å²) in [5.74, 6) is 1.30. The summed E-state index contributed by atoms with van der Waals surface area (Å²) in [4.78, 5) is 22.5. The van der Waals surface area contributed by atoms with Gasteiger partial charge in [-0.1, -0.05) is 12.1 Å². The quantitative estimate of drug-likeness (QED) is 0.723. The SMILES string of the molecule is CN1C(=O)C(C)(C)c2ccc(-c3cnc(-c4cccnc4)o3)cc21. The Hall–Kier alpha value is -2.95. The molecule has 5 heteroatoms. The zero-order chi connectivity index (χ0) is 16.9. The molecule has 0 aliphatic carbocycles. The van der Waals surface area contributed by atoms with Gasteiger partial charge in [0.25, 0.3) is 0 Å². The number of anilines is 1. The van der Waals surface area contributed by atoms with Gasteiger partial charge in [-0.2, -0.15) is 0 Å². The van der Waals surface area contributed by atoms with Gasteiger partial charge in [-0.25, -0.2) is 4.98 Å². The highest BCUT2D eigenvalue weighted by Crippen LogP contribution is 2.42. The van der Waals surface area contributed by atoms with Crippen LogP contribution in [0.5, 0.6) is 0 Å². The van der Waals surface area contributed by atoms with E-state index in [0.717, 1.165) is 22.4 Å². The van der Waals surface area contributed by atoms with Gasteiger partial charge in [0.2, 0.25) is 11.8 Å². The number of pyridine rings is 1. The number of amides is 1. The number of oxazole rings is 1. The second-order valence-electron chi connectivity index (χ2n) is 6.49. The number of nitrogens with zero attached hydrogens (tertiary/aromatic N) is 3. The summed E-state index contributed by atoms with van der Waals surface area (Å²) >= 11 is 0. The number of aromatic nitrogens is 2. The first-order chi connectivity index (χ1) is 11.5. The van der Waals surface area contributed by atoms with Crippen LogP contribution >= 0.6 is 0 Å². The standard InChI is InChI=1S/C19H17N3O2/c1-19(2)14-7-6-12(9-15(14)22(3)18(19)23)16-11-21-17(24-16)13-5-4-8-20-10-13/h4-11H,1-3H3. The highest BCUT2D eigenvalue weighted by Gasteiger charge is 2.42. The first-order valence-corrected chi connectivity index (χ1v) is 7.78. The van der Waals surface area contributed by atoms with Gasteiger partial charge in [-0.3, -0.25) is 9.78 Å². The van der Waals surface area contributed by atoms with Crippen LogP contribution in [0, 0.1) is 0 Å². The Morgan fingerprint density at radius 2 is 1.96 bits per heavy atom. The number of rotatable bonds is 2. The smallest absolute Gasteiger partial charge is 0.236 e. The third-order valence-corrected chi connectivity index (χ3v) is 4.57. The summed E-state index contributed by atoms with van der Waals surface area (Å²) < 4.78 is 5.88. The lowest BCUT2D eigenvalue weighted by molar-refractivity contribution is -0.121. The molecule has 1 amide bonds. The van der Waals surface area contributed by atoms with Crippen molar-refractivity contribution in [2.75, 3.05) is 11.9 Å². The van der Waals surface area contributed by atoms with Crippen molar-refractivity contribution in [3.63, 3.8) is 0 Å². The summed E-state index contributed by atoms with van der Waals surface area (Å²) in [6.45, 7) is 3.90. The molecule has 2 aromatic heterocycles. The highest BCUT2D eigenvalue weighted by atomic mass is 16.4. The van der Waals surface area contributed by atoms with Gasteiger partial charge in [0.1, 0.15) is 0 Å². The molecule has 4 rings (SSSR count). The van der Waals surface area contributed by atoms with Crippen molar-refractivity contribution in [3.8, 4) is 22.8 Å². The average molecular weight is 319 g/mol. The molecule has 24 heavy (non-hydrogen) atoms. The van der Waals surface area contributed by atoms with Crippen LogP contribution in [0.3, 0.4) is 0 Å². The summed E-state index contributed by atoms with van der Waals surface area (Å²) in [6, 6.07) is 9.70. The van der Waals surface area contributed by atoms with Crippen LogP contribution in [0.1, 0.15) is 19.4 Å². The van der Waals surface area contributed by atoms with Crippen LogP contribution in [-0.2, 0) is 10.2 Å². The van der Waals surface area contributed by atoms with Gasteiger partial charge in [0, 0.05) is 30.7 Å². The monoisotopic (exact) mass is 319 g/mol. The Bertz CT molecular complexity index is 929. The molecule has 0 saturated heterocycles. The van der Waals surface area contributed by atoms with Gasteiger partial charge in [0.05, 0.1) is 17.2 Å². The van der Waals surface area contributed by atoms with Gasteiger partial charge in [-0.05, 0) is 37.6 Å². The summed E-state index contributed by atoms with van der Waals surface area (Å²) in [5, 5.41) is 0. The molecule has 1 aliphatic heterocycles. The summed E-state index contributed by atoms with van der Waals surface area (Å²) in [5.41, 5.74) is 3.19. The third kappa shape index (κ3) is 2.05. The van der Waals surface area contributed by atoms with Crippen LogP contribution in [-0.4, -0.2) is 22.9 Å². The second kappa shape index (κ2) is 5.03. The van der Waals surface area contributed by atoms with E-state index < -0.39 is 5.41 Å². The van der Waals surface area contributed by atoms with E-state index >= 15 is 0 Å². The van der Waals surface area contributed by atoms with Crippen molar-refractivity contribution >= 4 is 11.6 Å². The predicted molar refractivity (Wildman–Crippen MR) is 91.6 cm³/mol. The number of likely N-dealkylation sites (N-methyl/N-ethyl adjacent to an activating group) is 1. The van der Waals surface area contributed by atoms with E-state index in [1.807, 2.05) is 44.2 Å². The fourth-order valence-corrected chi connectivity index (χ4v) is 3.17. The molecular weight excluding hydrogens is 302 g/mol. The zero-order valence-corrected chi connectivity index (χ0v) is 13.8. The molecule has 0 radical (unpaired) electrons. The van der Waals surface area contributed by atoms with E-state index in [1.54, 1.807) is 30.5 Å². The average Bonchev–Trinajstić information content (AvgIpc) is 3.16. The zero-order valence-electron chi connectivity index (χ0n) is 13.8. The number of carbonyl (C=O) groups is 1. The molecule has 120 valence electrons. The minimum atomic E-state index is -0.495. The normalized spacial score (nSPS) is 15.6. The second-order valence-corrected chi connectivity index (χ2v) is 6.49. The van der Waals surface area contributed by atoms with Crippen LogP contribution in [0.25, 0.3) is 22.8 Å². The Labute approximate surface area is 140 Å². The number of benzene rings is 1. The molecule has 3 heterocycles. The van der Waals surface area contributed by atoms with Crippen molar-refractivity contribution in [3.05, 3.63) is 54.5 Å². The minimum Gasteiger partial charge on any atom is -0.436 e. The van der Waals surface area contributed by atoms with Crippen LogP contribution in [0.4, 0.5) is 5.69 Å². The van der Waals surface area contributed by atoms with Crippen LogP contribution in [0.15, 0.2) is 53.3 Å². The summed E-state index contributed by atoms with van der Waals surface area (Å²) in [6.07, 6.45) is 5.13. The van der Waals surface area contributed by atoms with Crippen molar-refractivity contribution in [2.24, 2.45) is 0 Å². The number of carbonyl (C=O) groups excluding carboxylic acids is 1. The Morgan fingerprint density at radius 1 is 1.12 bits per heavy atom. The van der Waals surface area contributed by atoms with Crippen molar-refractivity contribution < 1.29 is 9.21 Å². The molecule has 3 aromatic rings. The van der Waals surface area contributed by atoms with E-state index in [0.29, 0.717) is 11.7 Å². The maximum atomic E-state index is 12.4. The minimum absolute atomic E-state index is 0.100. The largest absolute Gasteiger partial charge is 0.436 e. The molecule has 0 bridgehead atoms. The number of fused-ring (bicyclic) bond motifs is 1. The van der Waals surface area contributed by atoms with Gasteiger partial charge >= 0.3 is 0 Å². The van der Waals surface area contributed by atoms with Crippen molar-refractivity contribution in [1.82, 2.24) is 9.97 Å². The van der Waals surface area contributed by atoms with E-state index in [2.05, 4.69) is 9.97 Å². The van der Waals surface area contributed by atoms with E-state index in [9.17, 15) is 4.79 Å². The van der Waals surface area contributed by atoms with Crippen molar-refractivity contribution in [1.29, 1.82) is 0 Å². The topological polar surface area (TPSA) is 59.2 Å². The van der Waals surface area contributed by atoms with E-state index in [4.69, 9.17) is 4.42 Å². The molecule has 1 aliphatic rings. The molecule has 0 unspecified atom stereocenters. The Kier molecular flexibility index (Phi) is 3.06. The maximum Gasteiger partial charge on any atom is 0.236 e. The molecule has 0 fully saturated rings. The van der Waals surface area contributed by atoms with E-state index in [1.165, 1.54) is 0 Å².